The molecule has 94 valence electrons. The van der Waals surface area contributed by atoms with Crippen molar-refractivity contribution in [2.75, 3.05) is 19.6 Å². The van der Waals surface area contributed by atoms with Gasteiger partial charge < -0.3 is 4.57 Å². The van der Waals surface area contributed by atoms with E-state index < -0.39 is 0 Å². The maximum absolute atomic E-state index is 12.2. The fourth-order valence-corrected chi connectivity index (χ4v) is 2.54. The summed E-state index contributed by atoms with van der Waals surface area (Å²) < 4.78 is 2.09. The van der Waals surface area contributed by atoms with Crippen LogP contribution < -0.4 is 0 Å². The minimum absolute atomic E-state index is 0.271. The summed E-state index contributed by atoms with van der Waals surface area (Å²) in [6, 6.07) is 2.02. The number of nitrogens with zero attached hydrogens (tertiary/aromatic N) is 2. The second-order valence-electron chi connectivity index (χ2n) is 5.10. The Hall–Kier alpha value is -1.09. The molecule has 0 N–H and O–H groups in total. The average molecular weight is 234 g/mol. The third-order valence-electron chi connectivity index (χ3n) is 3.89. The van der Waals surface area contributed by atoms with Crippen molar-refractivity contribution in [1.29, 1.82) is 0 Å². The second kappa shape index (κ2) is 5.05. The van der Waals surface area contributed by atoms with E-state index in [1.54, 1.807) is 0 Å². The minimum atomic E-state index is 0.271. The monoisotopic (exact) mass is 234 g/mol. The molecule has 1 aliphatic rings. The van der Waals surface area contributed by atoms with Gasteiger partial charge in [0, 0.05) is 24.0 Å². The van der Waals surface area contributed by atoms with Crippen LogP contribution in [0.15, 0.2) is 6.07 Å². The number of carbonyl (C=O) groups excluding carboxylic acids is 1. The fraction of sp³-hybridized carbons (Fsp3) is 0.643. The van der Waals surface area contributed by atoms with Gasteiger partial charge in [0.2, 0.25) is 0 Å². The van der Waals surface area contributed by atoms with Crippen molar-refractivity contribution in [2.24, 2.45) is 7.05 Å². The molecule has 0 aliphatic carbocycles. The number of carbonyl (C=O) groups is 1. The van der Waals surface area contributed by atoms with Crippen molar-refractivity contribution >= 4 is 5.78 Å². The maximum Gasteiger partial charge on any atom is 0.178 e. The first kappa shape index (κ1) is 12.4. The predicted octanol–water partition coefficient (Wildman–Crippen LogP) is 2.31. The van der Waals surface area contributed by atoms with Gasteiger partial charge >= 0.3 is 0 Å². The van der Waals surface area contributed by atoms with Crippen LogP contribution in [-0.2, 0) is 7.05 Å². The Bertz CT molecular complexity index is 414. The number of hydrogen-bond acceptors (Lipinski definition) is 2. The summed E-state index contributed by atoms with van der Waals surface area (Å²) in [6.07, 6.45) is 3.79. The third kappa shape index (κ3) is 2.60. The van der Waals surface area contributed by atoms with Crippen LogP contribution in [0.2, 0.25) is 0 Å². The molecule has 1 aromatic heterocycles. The van der Waals surface area contributed by atoms with E-state index >= 15 is 0 Å². The second-order valence-corrected chi connectivity index (χ2v) is 5.10. The molecular formula is C14H22N2O. The zero-order valence-corrected chi connectivity index (χ0v) is 11.1. The summed E-state index contributed by atoms with van der Waals surface area (Å²) in [4.78, 5) is 14.5. The number of aromatic nitrogens is 1. The summed E-state index contributed by atoms with van der Waals surface area (Å²) in [5, 5.41) is 0. The SMILES string of the molecule is Cc1cc(C(=O)CN2CCCCC2)c(C)n1C. The lowest BCUT2D eigenvalue weighted by atomic mass is 10.1. The third-order valence-corrected chi connectivity index (χ3v) is 3.89. The molecule has 1 aliphatic heterocycles. The Morgan fingerprint density at radius 2 is 1.88 bits per heavy atom. The topological polar surface area (TPSA) is 25.2 Å². The lowest BCUT2D eigenvalue weighted by molar-refractivity contribution is 0.0915. The molecule has 0 radical (unpaired) electrons. The first-order valence-corrected chi connectivity index (χ1v) is 6.48. The standard InChI is InChI=1S/C14H22N2O/c1-11-9-13(12(2)15(11)3)14(17)10-16-7-5-4-6-8-16/h9H,4-8,10H2,1-3H3. The maximum atomic E-state index is 12.2. The molecule has 0 spiro atoms. The number of likely N-dealkylation sites (tertiary alicyclic amines) is 1. The molecule has 3 heteroatoms. The van der Waals surface area contributed by atoms with Crippen molar-refractivity contribution in [1.82, 2.24) is 9.47 Å². The van der Waals surface area contributed by atoms with Crippen molar-refractivity contribution in [3.8, 4) is 0 Å². The van der Waals surface area contributed by atoms with E-state index in [0.717, 1.165) is 30.0 Å². The van der Waals surface area contributed by atoms with Gasteiger partial charge in [0.15, 0.2) is 5.78 Å². The molecule has 1 fully saturated rings. The molecule has 17 heavy (non-hydrogen) atoms. The molecule has 1 saturated heterocycles. The predicted molar refractivity (Wildman–Crippen MR) is 69.5 cm³/mol. The Morgan fingerprint density at radius 1 is 1.24 bits per heavy atom. The number of hydrogen-bond donors (Lipinski definition) is 0. The Morgan fingerprint density at radius 3 is 2.41 bits per heavy atom. The summed E-state index contributed by atoms with van der Waals surface area (Å²) >= 11 is 0. The lowest BCUT2D eigenvalue weighted by Gasteiger charge is -2.25. The molecule has 2 heterocycles. The number of ketones is 1. The largest absolute Gasteiger partial charge is 0.351 e. The summed E-state index contributed by atoms with van der Waals surface area (Å²) in [5.74, 6) is 0.271. The van der Waals surface area contributed by atoms with Crippen LogP contribution >= 0.6 is 0 Å². The van der Waals surface area contributed by atoms with Crippen LogP contribution in [0.25, 0.3) is 0 Å². The Kier molecular flexibility index (Phi) is 3.67. The number of piperidine rings is 1. The van der Waals surface area contributed by atoms with E-state index in [1.165, 1.54) is 19.3 Å². The van der Waals surface area contributed by atoms with Crippen molar-refractivity contribution < 1.29 is 4.79 Å². The summed E-state index contributed by atoms with van der Waals surface area (Å²) in [5.41, 5.74) is 3.14. The first-order chi connectivity index (χ1) is 8.09. The normalized spacial score (nSPS) is 17.4. The fourth-order valence-electron chi connectivity index (χ4n) is 2.54. The van der Waals surface area contributed by atoms with Crippen LogP contribution in [0.4, 0.5) is 0 Å². The molecule has 0 aromatic carbocycles. The molecular weight excluding hydrogens is 212 g/mol. The highest BCUT2D eigenvalue weighted by Crippen LogP contribution is 2.16. The van der Waals surface area contributed by atoms with Crippen LogP contribution in [0, 0.1) is 13.8 Å². The quantitative estimate of drug-likeness (QED) is 0.750. The van der Waals surface area contributed by atoms with Gasteiger partial charge in [-0.15, -0.1) is 0 Å². The van der Waals surface area contributed by atoms with E-state index in [2.05, 4.69) is 9.47 Å². The number of Topliss-reactive ketones (excluding diaryl/α,β-unsaturated/α-hetero) is 1. The van der Waals surface area contributed by atoms with Crippen molar-refractivity contribution in [3.05, 3.63) is 23.0 Å². The zero-order chi connectivity index (χ0) is 12.4. The average Bonchev–Trinajstić information content (AvgIpc) is 2.58. The van der Waals surface area contributed by atoms with Crippen LogP contribution in [0.5, 0.6) is 0 Å². The van der Waals surface area contributed by atoms with Crippen molar-refractivity contribution in [2.45, 2.75) is 33.1 Å². The highest BCUT2D eigenvalue weighted by molar-refractivity contribution is 5.99. The zero-order valence-electron chi connectivity index (χ0n) is 11.1. The number of rotatable bonds is 3. The van der Waals surface area contributed by atoms with E-state index in [9.17, 15) is 4.79 Å². The van der Waals surface area contributed by atoms with Gasteiger partial charge in [0.1, 0.15) is 0 Å². The van der Waals surface area contributed by atoms with Gasteiger partial charge in [-0.3, -0.25) is 9.69 Å². The Labute approximate surface area is 103 Å². The van der Waals surface area contributed by atoms with Gasteiger partial charge in [-0.25, -0.2) is 0 Å². The highest BCUT2D eigenvalue weighted by atomic mass is 16.1. The minimum Gasteiger partial charge on any atom is -0.351 e. The lowest BCUT2D eigenvalue weighted by Crippen LogP contribution is -2.34. The van der Waals surface area contributed by atoms with Crippen LogP contribution in [0.3, 0.4) is 0 Å². The van der Waals surface area contributed by atoms with Crippen LogP contribution in [0.1, 0.15) is 41.0 Å². The summed E-state index contributed by atoms with van der Waals surface area (Å²) in [6.45, 7) is 6.82. The summed E-state index contributed by atoms with van der Waals surface area (Å²) in [7, 11) is 2.02. The first-order valence-electron chi connectivity index (χ1n) is 6.48. The molecule has 0 unspecified atom stereocenters. The van der Waals surface area contributed by atoms with Crippen LogP contribution in [-0.4, -0.2) is 34.9 Å². The molecule has 0 amide bonds. The van der Waals surface area contributed by atoms with Gasteiger partial charge in [0.05, 0.1) is 6.54 Å². The van der Waals surface area contributed by atoms with E-state index in [-0.39, 0.29) is 5.78 Å². The van der Waals surface area contributed by atoms with Crippen molar-refractivity contribution in [3.63, 3.8) is 0 Å². The van der Waals surface area contributed by atoms with Gasteiger partial charge in [-0.1, -0.05) is 6.42 Å². The van der Waals surface area contributed by atoms with E-state index in [1.807, 2.05) is 27.0 Å². The molecule has 0 bridgehead atoms. The number of aryl methyl sites for hydroxylation is 1. The molecule has 3 nitrogen and oxygen atoms in total. The molecule has 2 rings (SSSR count). The van der Waals surface area contributed by atoms with E-state index in [0.29, 0.717) is 6.54 Å². The Balaban J connectivity index is 2.06. The van der Waals surface area contributed by atoms with Gasteiger partial charge in [-0.2, -0.15) is 0 Å². The molecule has 0 atom stereocenters. The molecule has 1 aromatic rings. The van der Waals surface area contributed by atoms with E-state index in [4.69, 9.17) is 0 Å². The van der Waals surface area contributed by atoms with Gasteiger partial charge in [-0.05, 0) is 45.8 Å². The smallest absolute Gasteiger partial charge is 0.178 e. The molecule has 0 saturated carbocycles. The van der Waals surface area contributed by atoms with Gasteiger partial charge in [0.25, 0.3) is 0 Å². The highest BCUT2D eigenvalue weighted by Gasteiger charge is 2.18.